The Balaban J connectivity index is 0.000000249. The lowest BCUT2D eigenvalue weighted by Crippen LogP contribution is -2.34. The Morgan fingerprint density at radius 3 is 1.40 bits per heavy atom. The van der Waals surface area contributed by atoms with Crippen molar-refractivity contribution in [2.45, 2.75) is 81.6 Å². The number of phenolic OH excluding ortho intramolecular Hbond substituents is 2. The van der Waals surface area contributed by atoms with E-state index in [1.54, 1.807) is 87.8 Å². The molecule has 6 N–H and O–H groups in total. The number of halogens is 6. The van der Waals surface area contributed by atoms with E-state index in [1.807, 2.05) is 13.8 Å². The molecule has 0 aliphatic carbocycles. The second-order valence-electron chi connectivity index (χ2n) is 19.3. The third kappa shape index (κ3) is 15.2. The Bertz CT molecular complexity index is 4240. The molecule has 0 saturated carbocycles. The van der Waals surface area contributed by atoms with Crippen LogP contribution in [-0.4, -0.2) is 93.3 Å². The fraction of sp³-hybridized carbons (Fsp3) is 0.203. The molecule has 2 aromatic heterocycles. The summed E-state index contributed by atoms with van der Waals surface area (Å²) in [5.74, 6) is -4.84. The van der Waals surface area contributed by atoms with Gasteiger partial charge in [-0.1, -0.05) is 119 Å². The molecule has 20 nitrogen and oxygen atoms in total. The second-order valence-corrected chi connectivity index (χ2v) is 26.0. The predicted molar refractivity (Wildman–Crippen MR) is 337 cm³/mol. The van der Waals surface area contributed by atoms with Gasteiger partial charge in [0, 0.05) is 18.3 Å². The summed E-state index contributed by atoms with van der Waals surface area (Å²) in [6, 6.07) is 26.5. The van der Waals surface area contributed by atoms with Crippen molar-refractivity contribution < 1.29 is 55.8 Å². The van der Waals surface area contributed by atoms with Crippen LogP contribution in [0.15, 0.2) is 125 Å². The van der Waals surface area contributed by atoms with Gasteiger partial charge in [-0.2, -0.15) is 10.2 Å². The number of ether oxygens (including phenoxy) is 1. The number of sulfone groups is 2. The molecule has 8 rings (SSSR count). The highest BCUT2D eigenvalue weighted by molar-refractivity contribution is 7.93. The first kappa shape index (κ1) is 66.8. The highest BCUT2D eigenvalue weighted by Crippen LogP contribution is 2.38. The van der Waals surface area contributed by atoms with Crippen LogP contribution < -0.4 is 21.3 Å². The van der Waals surface area contributed by atoms with Gasteiger partial charge in [-0.15, -0.1) is 0 Å². The monoisotopic (exact) mass is 1340 g/mol. The molecule has 0 saturated heterocycles. The van der Waals surface area contributed by atoms with Gasteiger partial charge >= 0.3 is 5.97 Å². The van der Waals surface area contributed by atoms with Crippen LogP contribution in [0.4, 0.5) is 22.7 Å². The molecule has 456 valence electrons. The molecule has 8 aromatic rings. The van der Waals surface area contributed by atoms with Crippen molar-refractivity contribution in [3.63, 3.8) is 0 Å². The maximum Gasteiger partial charge on any atom is 0.359 e. The molecule has 2 atom stereocenters. The van der Waals surface area contributed by atoms with E-state index in [2.05, 4.69) is 31.5 Å². The second kappa shape index (κ2) is 28.0. The Labute approximate surface area is 530 Å². The third-order valence-electron chi connectivity index (χ3n) is 13.2. The maximum absolute atomic E-state index is 13.3. The zero-order chi connectivity index (χ0) is 64.0. The van der Waals surface area contributed by atoms with Gasteiger partial charge < -0.3 is 36.2 Å². The Kier molecular flexibility index (Phi) is 21.5. The number of aryl methyl sites for hydroxylation is 3. The minimum Gasteiger partial charge on any atom is -0.506 e. The number of phenols is 2. The first-order valence-electron chi connectivity index (χ1n) is 26.1. The largest absolute Gasteiger partial charge is 0.506 e. The molecule has 0 aliphatic rings. The van der Waals surface area contributed by atoms with Crippen LogP contribution in [0.5, 0.6) is 11.5 Å². The summed E-state index contributed by atoms with van der Waals surface area (Å²) in [6.45, 7) is 11.8. The molecule has 28 heteroatoms. The topological polar surface area (TPSA) is 287 Å². The smallest absolute Gasteiger partial charge is 0.359 e. The minimum atomic E-state index is -4.04. The van der Waals surface area contributed by atoms with Gasteiger partial charge in [-0.25, -0.2) is 31.0 Å². The average Bonchev–Trinajstić information content (AvgIpc) is 3.05. The molecule has 87 heavy (non-hydrogen) atoms. The Morgan fingerprint density at radius 1 is 0.529 bits per heavy atom. The molecule has 4 amide bonds. The van der Waals surface area contributed by atoms with Gasteiger partial charge in [-0.3, -0.25) is 19.2 Å². The highest BCUT2D eigenvalue weighted by Gasteiger charge is 2.35. The lowest BCUT2D eigenvalue weighted by molar-refractivity contribution is -0.116. The van der Waals surface area contributed by atoms with E-state index in [0.717, 1.165) is 29.3 Å². The summed E-state index contributed by atoms with van der Waals surface area (Å²) >= 11 is 37.0. The normalized spacial score (nSPS) is 12.1. The zero-order valence-corrected chi connectivity index (χ0v) is 53.3. The molecular formula is C59H54Cl6N8O12S2. The van der Waals surface area contributed by atoms with Gasteiger partial charge in [0.05, 0.1) is 103 Å². The summed E-state index contributed by atoms with van der Waals surface area (Å²) in [7, 11) is -8.03. The fourth-order valence-corrected chi connectivity index (χ4v) is 12.9. The van der Waals surface area contributed by atoms with Crippen LogP contribution in [0, 0.1) is 27.7 Å². The number of nitrogens with one attached hydrogen (secondary N) is 4. The van der Waals surface area contributed by atoms with Gasteiger partial charge in [0.15, 0.2) is 25.4 Å². The van der Waals surface area contributed by atoms with Crippen LogP contribution in [-0.2, 0) is 34.0 Å². The molecule has 0 radical (unpaired) electrons. The first-order valence-corrected chi connectivity index (χ1v) is 31.5. The van der Waals surface area contributed by atoms with Gasteiger partial charge in [0.25, 0.3) is 11.8 Å². The summed E-state index contributed by atoms with van der Waals surface area (Å²) in [5, 5.41) is 38.3. The molecule has 0 aliphatic heterocycles. The number of anilines is 4. The third-order valence-corrected chi connectivity index (χ3v) is 19.8. The van der Waals surface area contributed by atoms with Crippen molar-refractivity contribution >= 4 is 142 Å². The van der Waals surface area contributed by atoms with E-state index in [9.17, 15) is 51.0 Å². The number of aromatic nitrogens is 4. The number of hydrogen-bond acceptors (Lipinski definition) is 14. The summed E-state index contributed by atoms with van der Waals surface area (Å²) in [4.78, 5) is 65.3. The molecule has 2 unspecified atom stereocenters. The molecule has 6 aromatic carbocycles. The minimum absolute atomic E-state index is 0.00762. The van der Waals surface area contributed by atoms with E-state index < -0.39 is 71.3 Å². The number of aromatic hydroxyl groups is 2. The van der Waals surface area contributed by atoms with Crippen molar-refractivity contribution in [2.75, 3.05) is 27.9 Å². The van der Waals surface area contributed by atoms with Crippen LogP contribution >= 0.6 is 69.6 Å². The molecule has 0 fully saturated rings. The van der Waals surface area contributed by atoms with Crippen LogP contribution in [0.25, 0.3) is 11.4 Å². The van der Waals surface area contributed by atoms with Gasteiger partial charge in [0.1, 0.15) is 22.0 Å². The summed E-state index contributed by atoms with van der Waals surface area (Å²) < 4.78 is 60.4. The molecule has 2 heterocycles. The number of amides is 4. The summed E-state index contributed by atoms with van der Waals surface area (Å²) in [5.41, 5.74) is 3.14. The van der Waals surface area contributed by atoms with Crippen LogP contribution in [0.1, 0.15) is 87.3 Å². The maximum atomic E-state index is 13.3. The molecular weight excluding hydrogens is 1290 g/mol. The molecule has 0 bridgehead atoms. The predicted octanol–water partition coefficient (Wildman–Crippen LogP) is 13.4. The number of carbonyl (C=O) groups is 5. The van der Waals surface area contributed by atoms with E-state index in [-0.39, 0.29) is 83.9 Å². The van der Waals surface area contributed by atoms with E-state index in [1.165, 1.54) is 53.3 Å². The number of carbonyl (C=O) groups excluding carboxylic acids is 5. The quantitative estimate of drug-likeness (QED) is 0.0344. The van der Waals surface area contributed by atoms with E-state index in [4.69, 9.17) is 74.3 Å². The van der Waals surface area contributed by atoms with Gasteiger partial charge in [-0.05, 0) is 120 Å². The van der Waals surface area contributed by atoms with Crippen molar-refractivity contribution in [2.24, 2.45) is 0 Å². The SMILES string of the molecule is CCC(C(=O)Nc1cc(O)c(NC(=O)c2c(C)nn(-c3ccc(Cl)c(Cl)c3)c2C)cc1Cl)S(=O)(=O)c1ccc(C)cc1.CCOC(=O)c1nn(-c2ccc(Cl)c(Cl)c2)cc1C(=O)Nc1cc(Cl)c(NC(=O)C(CC)S(=O)(=O)c2ccc(C)cc2)cc1O. The first-order chi connectivity index (χ1) is 41.0. The highest BCUT2D eigenvalue weighted by atomic mass is 35.5. The fourth-order valence-electron chi connectivity index (χ4n) is 8.68. The average molecular weight is 1340 g/mol. The van der Waals surface area contributed by atoms with Gasteiger partial charge in [0.2, 0.25) is 11.8 Å². The van der Waals surface area contributed by atoms with Crippen molar-refractivity contribution in [1.29, 1.82) is 0 Å². The number of rotatable bonds is 18. The number of hydrogen-bond donors (Lipinski definition) is 6. The number of nitrogens with zero attached hydrogens (tertiary/aromatic N) is 4. The lowest BCUT2D eigenvalue weighted by atomic mass is 10.1. The molecule has 0 spiro atoms. The zero-order valence-electron chi connectivity index (χ0n) is 47.1. The Hall–Kier alpha value is -7.67. The Morgan fingerprint density at radius 2 is 0.966 bits per heavy atom. The van der Waals surface area contributed by atoms with Crippen LogP contribution in [0.3, 0.4) is 0 Å². The summed E-state index contributed by atoms with van der Waals surface area (Å²) in [6.07, 6.45) is 1.25. The van der Waals surface area contributed by atoms with Crippen molar-refractivity contribution in [1.82, 2.24) is 19.6 Å². The lowest BCUT2D eigenvalue weighted by Gasteiger charge is -2.18. The van der Waals surface area contributed by atoms with E-state index in [0.29, 0.717) is 37.8 Å². The van der Waals surface area contributed by atoms with Crippen LogP contribution in [0.2, 0.25) is 30.1 Å². The van der Waals surface area contributed by atoms with Crippen molar-refractivity contribution in [3.05, 3.63) is 185 Å². The number of esters is 1. The van der Waals surface area contributed by atoms with E-state index >= 15 is 0 Å². The standard InChI is InChI=1S/C30H27Cl3N4O7S.C29H27Cl3N4O5S/c1-4-26(45(42,43)18-9-6-16(3)7-10-18)29(40)34-23-14-25(38)24(13-22(23)33)35-28(39)19-15-37(36-27(19)30(41)44-5-2)17-8-11-20(31)21(32)12-17;1-5-26(42(40,41)19-9-6-15(2)7-10-19)28(38)33-23-14-25(37)24(13-22(23)32)34-29(39)27-16(3)35-36(17(27)4)18-8-11-20(30)21(31)12-18/h6-15,26,38H,4-5H2,1-3H3,(H,34,40)(H,35,39);6-14,26,37H,5H2,1-4H3,(H,33,38)(H,34,39). The van der Waals surface area contributed by atoms with Crippen molar-refractivity contribution in [3.8, 4) is 22.9 Å². The number of benzene rings is 6.